The quantitative estimate of drug-likeness (QED) is 0.833. The molecule has 3 nitrogen and oxygen atoms in total. The average Bonchev–Trinajstić information content (AvgIpc) is 3.16. The topological polar surface area (TPSA) is 45.0 Å². The molecule has 4 heteroatoms. The first kappa shape index (κ1) is 14.4. The maximum atomic E-state index is 8.82. The van der Waals surface area contributed by atoms with Gasteiger partial charge in [0.05, 0.1) is 12.7 Å². The Kier molecular flexibility index (Phi) is 4.84. The van der Waals surface area contributed by atoms with Crippen LogP contribution in [0.1, 0.15) is 31.7 Å². The van der Waals surface area contributed by atoms with Crippen molar-refractivity contribution in [2.24, 2.45) is 5.41 Å². The Morgan fingerprint density at radius 1 is 1.47 bits per heavy atom. The van der Waals surface area contributed by atoms with E-state index in [9.17, 15) is 0 Å². The van der Waals surface area contributed by atoms with Crippen LogP contribution in [0.5, 0.6) is 5.75 Å². The van der Waals surface area contributed by atoms with E-state index >= 15 is 0 Å². The third-order valence-electron chi connectivity index (χ3n) is 3.53. The third-order valence-corrected chi connectivity index (χ3v) is 4.03. The lowest BCUT2D eigenvalue weighted by Gasteiger charge is -2.16. The Morgan fingerprint density at radius 3 is 2.89 bits per heavy atom. The van der Waals surface area contributed by atoms with Crippen molar-refractivity contribution in [3.05, 3.63) is 28.2 Å². The van der Waals surface area contributed by atoms with Crippen LogP contribution in [-0.4, -0.2) is 13.2 Å². The Hall–Kier alpha value is -1.05. The van der Waals surface area contributed by atoms with Gasteiger partial charge in [-0.05, 0) is 37.6 Å². The first-order chi connectivity index (χ1) is 9.19. The number of nitrogens with zero attached hydrogens (tertiary/aromatic N) is 1. The largest absolute Gasteiger partial charge is 0.493 e. The normalized spacial score (nSPS) is 15.8. The minimum Gasteiger partial charge on any atom is -0.493 e. The van der Waals surface area contributed by atoms with Gasteiger partial charge in [0.2, 0.25) is 0 Å². The van der Waals surface area contributed by atoms with E-state index in [-0.39, 0.29) is 5.41 Å². The van der Waals surface area contributed by atoms with E-state index in [1.165, 1.54) is 0 Å². The van der Waals surface area contributed by atoms with Crippen molar-refractivity contribution >= 4 is 15.9 Å². The number of hydrogen-bond donors (Lipinski definition) is 1. The lowest BCUT2D eigenvalue weighted by molar-refractivity contribution is 0.234. The predicted molar refractivity (Wildman–Crippen MR) is 78.9 cm³/mol. The van der Waals surface area contributed by atoms with E-state index in [0.29, 0.717) is 13.0 Å². The summed E-state index contributed by atoms with van der Waals surface area (Å²) >= 11 is 3.49. The van der Waals surface area contributed by atoms with Crippen molar-refractivity contribution < 1.29 is 4.74 Å². The molecule has 0 radical (unpaired) electrons. The molecule has 1 aliphatic carbocycles. The fourth-order valence-electron chi connectivity index (χ4n) is 2.03. The number of nitrogens with one attached hydrogen (secondary N) is 1. The van der Waals surface area contributed by atoms with Crippen LogP contribution < -0.4 is 10.1 Å². The molecular weight excluding hydrogens is 304 g/mol. The van der Waals surface area contributed by atoms with Crippen molar-refractivity contribution in [3.63, 3.8) is 0 Å². The molecule has 1 fully saturated rings. The second kappa shape index (κ2) is 6.40. The van der Waals surface area contributed by atoms with Crippen molar-refractivity contribution in [3.8, 4) is 11.8 Å². The molecule has 1 N–H and O–H groups in total. The molecule has 1 saturated carbocycles. The van der Waals surface area contributed by atoms with Gasteiger partial charge in [-0.15, -0.1) is 0 Å². The van der Waals surface area contributed by atoms with E-state index in [1.807, 2.05) is 12.1 Å². The van der Waals surface area contributed by atoms with Crippen molar-refractivity contribution in [1.82, 2.24) is 5.32 Å². The van der Waals surface area contributed by atoms with E-state index in [4.69, 9.17) is 10.00 Å². The molecule has 0 aliphatic heterocycles. The van der Waals surface area contributed by atoms with Gasteiger partial charge in [-0.3, -0.25) is 0 Å². The molecule has 0 spiro atoms. The fraction of sp³-hybridized carbons (Fsp3) is 0.533. The van der Waals surface area contributed by atoms with Crippen LogP contribution in [0.4, 0.5) is 0 Å². The van der Waals surface area contributed by atoms with Gasteiger partial charge in [-0.1, -0.05) is 22.9 Å². The summed E-state index contributed by atoms with van der Waals surface area (Å²) in [6.45, 7) is 4.48. The van der Waals surface area contributed by atoms with Gasteiger partial charge in [0, 0.05) is 28.4 Å². The molecule has 0 saturated heterocycles. The van der Waals surface area contributed by atoms with Crippen LogP contribution in [0.2, 0.25) is 0 Å². The number of hydrogen-bond acceptors (Lipinski definition) is 3. The zero-order valence-corrected chi connectivity index (χ0v) is 12.8. The molecule has 2 rings (SSSR count). The molecule has 0 amide bonds. The number of nitriles is 1. The number of halogens is 1. The van der Waals surface area contributed by atoms with Crippen LogP contribution >= 0.6 is 15.9 Å². The zero-order valence-electron chi connectivity index (χ0n) is 11.2. The summed E-state index contributed by atoms with van der Waals surface area (Å²) in [7, 11) is 0. The summed E-state index contributed by atoms with van der Waals surface area (Å²) in [4.78, 5) is 0. The molecule has 19 heavy (non-hydrogen) atoms. The number of benzene rings is 1. The first-order valence-corrected chi connectivity index (χ1v) is 7.47. The lowest BCUT2D eigenvalue weighted by atomic mass is 10.1. The van der Waals surface area contributed by atoms with Crippen LogP contribution in [0.25, 0.3) is 0 Å². The molecule has 102 valence electrons. The third kappa shape index (κ3) is 3.95. The van der Waals surface area contributed by atoms with E-state index < -0.39 is 0 Å². The maximum Gasteiger partial charge on any atom is 0.123 e. The van der Waals surface area contributed by atoms with Gasteiger partial charge in [-0.2, -0.15) is 5.26 Å². The van der Waals surface area contributed by atoms with E-state index in [0.717, 1.165) is 41.7 Å². The minimum absolute atomic E-state index is 0.122. The highest BCUT2D eigenvalue weighted by molar-refractivity contribution is 9.10. The maximum absolute atomic E-state index is 8.82. The van der Waals surface area contributed by atoms with Crippen LogP contribution in [-0.2, 0) is 6.54 Å². The second-order valence-electron chi connectivity index (χ2n) is 5.16. The van der Waals surface area contributed by atoms with Gasteiger partial charge >= 0.3 is 0 Å². The summed E-state index contributed by atoms with van der Waals surface area (Å²) in [6, 6.07) is 8.34. The predicted octanol–water partition coefficient (Wildman–Crippen LogP) is 3.63. The Bertz CT molecular complexity index is 478. The molecule has 0 atom stereocenters. The molecule has 0 unspecified atom stereocenters. The van der Waals surface area contributed by atoms with E-state index in [1.54, 1.807) is 0 Å². The number of ether oxygens (including phenoxy) is 1. The van der Waals surface area contributed by atoms with Gasteiger partial charge in [-0.25, -0.2) is 0 Å². The SMILES string of the molecule is CCNCc1cc(Br)ccc1OCC1(CC#N)CC1. The van der Waals surface area contributed by atoms with Crippen LogP contribution in [0, 0.1) is 16.7 Å². The Balaban J connectivity index is 2.01. The highest BCUT2D eigenvalue weighted by Gasteiger charge is 2.43. The summed E-state index contributed by atoms with van der Waals surface area (Å²) < 4.78 is 7.02. The number of rotatable bonds is 7. The first-order valence-electron chi connectivity index (χ1n) is 6.68. The molecular formula is C15H19BrN2O. The average molecular weight is 323 g/mol. The summed E-state index contributed by atoms with van der Waals surface area (Å²) in [5.41, 5.74) is 1.28. The zero-order chi connectivity index (χ0) is 13.7. The van der Waals surface area contributed by atoms with Crippen molar-refractivity contribution in [2.75, 3.05) is 13.2 Å². The van der Waals surface area contributed by atoms with Gasteiger partial charge in [0.25, 0.3) is 0 Å². The van der Waals surface area contributed by atoms with Crippen LogP contribution in [0.15, 0.2) is 22.7 Å². The summed E-state index contributed by atoms with van der Waals surface area (Å²) in [5.74, 6) is 0.924. The molecule has 1 aromatic carbocycles. The lowest BCUT2D eigenvalue weighted by Crippen LogP contribution is -2.16. The van der Waals surface area contributed by atoms with Crippen molar-refractivity contribution in [1.29, 1.82) is 5.26 Å². The highest BCUT2D eigenvalue weighted by atomic mass is 79.9. The fourth-order valence-corrected chi connectivity index (χ4v) is 2.44. The van der Waals surface area contributed by atoms with Gasteiger partial charge < -0.3 is 10.1 Å². The monoisotopic (exact) mass is 322 g/mol. The second-order valence-corrected chi connectivity index (χ2v) is 6.07. The highest BCUT2D eigenvalue weighted by Crippen LogP contribution is 2.48. The summed E-state index contributed by atoms with van der Waals surface area (Å²) in [5, 5.41) is 12.1. The summed E-state index contributed by atoms with van der Waals surface area (Å²) in [6.07, 6.45) is 2.82. The smallest absolute Gasteiger partial charge is 0.123 e. The van der Waals surface area contributed by atoms with Crippen LogP contribution in [0.3, 0.4) is 0 Å². The van der Waals surface area contributed by atoms with Gasteiger partial charge in [0.15, 0.2) is 0 Å². The molecule has 0 bridgehead atoms. The molecule has 1 aromatic rings. The Labute approximate surface area is 123 Å². The standard InChI is InChI=1S/C15H19BrN2O/c1-2-18-10-12-9-13(16)3-4-14(12)19-11-15(5-6-15)7-8-17/h3-4,9,18H,2,5-7,10-11H2,1H3. The molecule has 0 heterocycles. The molecule has 1 aliphatic rings. The van der Waals surface area contributed by atoms with Gasteiger partial charge in [0.1, 0.15) is 5.75 Å². The van der Waals surface area contributed by atoms with Crippen molar-refractivity contribution in [2.45, 2.75) is 32.7 Å². The minimum atomic E-state index is 0.122. The molecule has 0 aromatic heterocycles. The van der Waals surface area contributed by atoms with E-state index in [2.05, 4.69) is 40.3 Å². The Morgan fingerprint density at radius 2 is 2.26 bits per heavy atom.